The van der Waals surface area contributed by atoms with Crippen molar-refractivity contribution in [3.8, 4) is 0 Å². The molecule has 126 valence electrons. The van der Waals surface area contributed by atoms with Crippen LogP contribution in [0.2, 0.25) is 0 Å². The second-order valence-corrected chi connectivity index (χ2v) is 6.17. The highest BCUT2D eigenvalue weighted by molar-refractivity contribution is 5.94. The number of hydrogen-bond acceptors (Lipinski definition) is 1. The van der Waals surface area contributed by atoms with Gasteiger partial charge in [0.05, 0.1) is 0 Å². The summed E-state index contributed by atoms with van der Waals surface area (Å²) < 4.78 is 0. The van der Waals surface area contributed by atoms with Crippen molar-refractivity contribution in [1.29, 1.82) is 0 Å². The first kappa shape index (κ1) is 16.9. The standard InChI is InChI=1S/C22H22N2O/c1-17-12-14-20(15-13-17)24-22(25)21(19-10-6-3-7-11-19)23-16-18-8-4-2-5-9-18/h2-15,21,23H,16H2,1H3,(H,24,25)/p+1/t21-/m1/s1. The summed E-state index contributed by atoms with van der Waals surface area (Å²) in [5.41, 5.74) is 4.20. The van der Waals surface area contributed by atoms with E-state index in [1.165, 1.54) is 11.1 Å². The van der Waals surface area contributed by atoms with Gasteiger partial charge in [0.1, 0.15) is 6.54 Å². The quantitative estimate of drug-likeness (QED) is 0.714. The zero-order valence-corrected chi connectivity index (χ0v) is 14.4. The first-order valence-corrected chi connectivity index (χ1v) is 8.52. The molecule has 0 saturated carbocycles. The molecule has 0 aliphatic heterocycles. The molecule has 0 unspecified atom stereocenters. The summed E-state index contributed by atoms with van der Waals surface area (Å²) >= 11 is 0. The van der Waals surface area contributed by atoms with Crippen molar-refractivity contribution in [3.63, 3.8) is 0 Å². The molecule has 0 aliphatic rings. The summed E-state index contributed by atoms with van der Waals surface area (Å²) in [5.74, 6) is -0.00835. The maximum Gasteiger partial charge on any atom is 0.287 e. The highest BCUT2D eigenvalue weighted by Crippen LogP contribution is 2.14. The van der Waals surface area contributed by atoms with Gasteiger partial charge in [-0.15, -0.1) is 0 Å². The van der Waals surface area contributed by atoms with Crippen LogP contribution in [0.5, 0.6) is 0 Å². The summed E-state index contributed by atoms with van der Waals surface area (Å²) in [6, 6.07) is 27.7. The fourth-order valence-corrected chi connectivity index (χ4v) is 2.78. The molecule has 0 saturated heterocycles. The fraction of sp³-hybridized carbons (Fsp3) is 0.136. The minimum atomic E-state index is -0.289. The zero-order chi connectivity index (χ0) is 17.5. The predicted molar refractivity (Wildman–Crippen MR) is 101 cm³/mol. The van der Waals surface area contributed by atoms with Crippen molar-refractivity contribution in [3.05, 3.63) is 102 Å². The number of quaternary nitrogens is 1. The van der Waals surface area contributed by atoms with Crippen LogP contribution in [0.4, 0.5) is 5.69 Å². The van der Waals surface area contributed by atoms with Gasteiger partial charge in [0.15, 0.2) is 6.04 Å². The Morgan fingerprint density at radius 1 is 0.880 bits per heavy atom. The Morgan fingerprint density at radius 2 is 1.48 bits per heavy atom. The largest absolute Gasteiger partial charge is 0.328 e. The van der Waals surface area contributed by atoms with Crippen molar-refractivity contribution < 1.29 is 10.1 Å². The fourth-order valence-electron chi connectivity index (χ4n) is 2.78. The average Bonchev–Trinajstić information content (AvgIpc) is 2.65. The average molecular weight is 331 g/mol. The molecule has 1 amide bonds. The number of aryl methyl sites for hydroxylation is 1. The summed E-state index contributed by atoms with van der Waals surface area (Å²) in [7, 11) is 0. The number of nitrogens with two attached hydrogens (primary N) is 1. The van der Waals surface area contributed by atoms with E-state index in [9.17, 15) is 4.79 Å². The Morgan fingerprint density at radius 3 is 2.12 bits per heavy atom. The van der Waals surface area contributed by atoms with Crippen molar-refractivity contribution in [2.24, 2.45) is 0 Å². The Hall–Kier alpha value is -2.91. The van der Waals surface area contributed by atoms with E-state index in [1.54, 1.807) is 0 Å². The molecule has 3 aromatic carbocycles. The van der Waals surface area contributed by atoms with Gasteiger partial charge in [-0.1, -0.05) is 78.4 Å². The van der Waals surface area contributed by atoms with Crippen LogP contribution in [0, 0.1) is 6.92 Å². The lowest BCUT2D eigenvalue weighted by Crippen LogP contribution is -2.85. The Labute approximate surface area is 148 Å². The van der Waals surface area contributed by atoms with Gasteiger partial charge < -0.3 is 10.6 Å². The highest BCUT2D eigenvalue weighted by Gasteiger charge is 2.24. The van der Waals surface area contributed by atoms with Crippen LogP contribution in [0.15, 0.2) is 84.9 Å². The molecule has 3 nitrogen and oxygen atoms in total. The lowest BCUT2D eigenvalue weighted by Gasteiger charge is -2.16. The van der Waals surface area contributed by atoms with Crippen LogP contribution in [0.1, 0.15) is 22.7 Å². The first-order chi connectivity index (χ1) is 12.2. The van der Waals surface area contributed by atoms with Crippen molar-refractivity contribution in [2.75, 3.05) is 5.32 Å². The van der Waals surface area contributed by atoms with Gasteiger partial charge in [0.25, 0.3) is 5.91 Å². The van der Waals surface area contributed by atoms with Gasteiger partial charge in [0, 0.05) is 16.8 Å². The van der Waals surface area contributed by atoms with Crippen molar-refractivity contribution in [1.82, 2.24) is 0 Å². The van der Waals surface area contributed by atoms with Crippen LogP contribution in [-0.2, 0) is 11.3 Å². The number of hydrogen-bond donors (Lipinski definition) is 2. The van der Waals surface area contributed by atoms with Crippen LogP contribution in [0.25, 0.3) is 0 Å². The molecular formula is C22H23N2O+. The second kappa shape index (κ2) is 8.27. The van der Waals surface area contributed by atoms with Crippen LogP contribution >= 0.6 is 0 Å². The third-order valence-corrected chi connectivity index (χ3v) is 4.19. The van der Waals surface area contributed by atoms with E-state index in [0.717, 1.165) is 17.8 Å². The molecule has 0 aliphatic carbocycles. The zero-order valence-electron chi connectivity index (χ0n) is 14.4. The molecule has 0 fully saturated rings. The second-order valence-electron chi connectivity index (χ2n) is 6.17. The SMILES string of the molecule is Cc1ccc(NC(=O)[C@H]([NH2+]Cc2ccccc2)c2ccccc2)cc1. The van der Waals surface area contributed by atoms with E-state index in [-0.39, 0.29) is 11.9 Å². The number of rotatable bonds is 6. The molecule has 0 radical (unpaired) electrons. The molecule has 3 rings (SSSR count). The van der Waals surface area contributed by atoms with E-state index >= 15 is 0 Å². The number of carbonyl (C=O) groups is 1. The highest BCUT2D eigenvalue weighted by atomic mass is 16.2. The lowest BCUT2D eigenvalue weighted by atomic mass is 10.1. The number of benzene rings is 3. The van der Waals surface area contributed by atoms with Gasteiger partial charge in [-0.25, -0.2) is 0 Å². The maximum atomic E-state index is 12.9. The molecule has 0 heterocycles. The van der Waals surface area contributed by atoms with Crippen molar-refractivity contribution in [2.45, 2.75) is 19.5 Å². The van der Waals surface area contributed by atoms with Gasteiger partial charge in [-0.2, -0.15) is 0 Å². The van der Waals surface area contributed by atoms with Crippen LogP contribution in [0.3, 0.4) is 0 Å². The number of nitrogens with one attached hydrogen (secondary N) is 1. The summed E-state index contributed by atoms with van der Waals surface area (Å²) in [4.78, 5) is 12.9. The van der Waals surface area contributed by atoms with Gasteiger partial charge in [-0.3, -0.25) is 4.79 Å². The third-order valence-electron chi connectivity index (χ3n) is 4.19. The number of amides is 1. The normalized spacial score (nSPS) is 11.7. The first-order valence-electron chi connectivity index (χ1n) is 8.52. The molecule has 3 N–H and O–H groups in total. The summed E-state index contributed by atoms with van der Waals surface area (Å²) in [5, 5.41) is 5.11. The van der Waals surface area contributed by atoms with E-state index in [4.69, 9.17) is 0 Å². The van der Waals surface area contributed by atoms with Crippen LogP contribution < -0.4 is 10.6 Å². The monoisotopic (exact) mass is 331 g/mol. The van der Waals surface area contributed by atoms with Crippen molar-refractivity contribution >= 4 is 11.6 Å². The molecular weight excluding hydrogens is 308 g/mol. The molecule has 0 bridgehead atoms. The number of anilines is 1. The lowest BCUT2D eigenvalue weighted by molar-refractivity contribution is -0.697. The van der Waals surface area contributed by atoms with E-state index in [2.05, 4.69) is 22.8 Å². The van der Waals surface area contributed by atoms with E-state index in [1.807, 2.05) is 79.7 Å². The molecule has 3 aromatic rings. The number of carbonyl (C=O) groups excluding carboxylic acids is 1. The molecule has 25 heavy (non-hydrogen) atoms. The Kier molecular flexibility index (Phi) is 5.60. The smallest absolute Gasteiger partial charge is 0.287 e. The minimum absolute atomic E-state index is 0.00835. The topological polar surface area (TPSA) is 45.7 Å². The molecule has 3 heteroatoms. The van der Waals surface area contributed by atoms with Gasteiger partial charge in [-0.05, 0) is 19.1 Å². The Bertz CT molecular complexity index is 798. The summed E-state index contributed by atoms with van der Waals surface area (Å²) in [6.07, 6.45) is 0. The Balaban J connectivity index is 1.75. The molecule has 1 atom stereocenters. The van der Waals surface area contributed by atoms with Gasteiger partial charge in [0.2, 0.25) is 0 Å². The molecule has 0 spiro atoms. The maximum absolute atomic E-state index is 12.9. The summed E-state index contributed by atoms with van der Waals surface area (Å²) in [6.45, 7) is 2.79. The van der Waals surface area contributed by atoms with Crippen LogP contribution in [-0.4, -0.2) is 5.91 Å². The van der Waals surface area contributed by atoms with E-state index < -0.39 is 0 Å². The molecule has 0 aromatic heterocycles. The van der Waals surface area contributed by atoms with E-state index in [0.29, 0.717) is 0 Å². The predicted octanol–water partition coefficient (Wildman–Crippen LogP) is 3.44. The van der Waals surface area contributed by atoms with Gasteiger partial charge >= 0.3 is 0 Å². The minimum Gasteiger partial charge on any atom is -0.328 e. The third kappa shape index (κ3) is 4.78.